The predicted molar refractivity (Wildman–Crippen MR) is 123 cm³/mol. The Morgan fingerprint density at radius 1 is 0.969 bits per heavy atom. The van der Waals surface area contributed by atoms with Gasteiger partial charge in [0.25, 0.3) is 0 Å². The van der Waals surface area contributed by atoms with Crippen LogP contribution in [0.3, 0.4) is 0 Å². The van der Waals surface area contributed by atoms with Crippen LogP contribution in [0.1, 0.15) is 19.3 Å². The molecule has 2 amide bonds. The maximum absolute atomic E-state index is 13.2. The molecular weight excluding hydrogens is 404 g/mol. The highest BCUT2D eigenvalue weighted by Gasteiger charge is 2.40. The summed E-state index contributed by atoms with van der Waals surface area (Å²) in [5.74, 6) is 1.97. The van der Waals surface area contributed by atoms with E-state index in [4.69, 9.17) is 4.98 Å². The van der Waals surface area contributed by atoms with Gasteiger partial charge in [-0.3, -0.25) is 10.2 Å². The molecule has 2 saturated heterocycles. The summed E-state index contributed by atoms with van der Waals surface area (Å²) >= 11 is 0. The predicted octanol–water partition coefficient (Wildman–Crippen LogP) is 3.16. The summed E-state index contributed by atoms with van der Waals surface area (Å²) < 4.78 is 0. The highest BCUT2D eigenvalue weighted by Crippen LogP contribution is 2.40. The molecular formula is C23H24N8O. The summed E-state index contributed by atoms with van der Waals surface area (Å²) in [7, 11) is 0. The largest absolute Gasteiger partial charge is 0.366 e. The van der Waals surface area contributed by atoms with Gasteiger partial charge in [-0.25, -0.2) is 24.7 Å². The van der Waals surface area contributed by atoms with E-state index in [1.54, 1.807) is 17.2 Å². The molecule has 0 saturated carbocycles. The third kappa shape index (κ3) is 3.30. The van der Waals surface area contributed by atoms with Crippen LogP contribution in [0.4, 0.5) is 28.1 Å². The lowest BCUT2D eigenvalue weighted by atomic mass is 10.1. The van der Waals surface area contributed by atoms with Gasteiger partial charge in [0.15, 0.2) is 5.82 Å². The zero-order chi connectivity index (χ0) is 21.5. The Balaban J connectivity index is 1.32. The molecule has 3 aromatic rings. The number of carbonyl (C=O) groups is 1. The number of amides is 2. The van der Waals surface area contributed by atoms with Crippen molar-refractivity contribution in [2.75, 3.05) is 46.2 Å². The Kier molecular flexibility index (Phi) is 4.59. The van der Waals surface area contributed by atoms with E-state index < -0.39 is 0 Å². The molecule has 1 atom stereocenters. The number of hydrogen-bond acceptors (Lipinski definition) is 7. The molecule has 3 aliphatic rings. The molecule has 1 N–H and O–H groups in total. The van der Waals surface area contributed by atoms with E-state index in [1.165, 1.54) is 12.8 Å². The van der Waals surface area contributed by atoms with Crippen LogP contribution in [-0.4, -0.2) is 58.2 Å². The lowest BCUT2D eigenvalue weighted by Crippen LogP contribution is -2.48. The first-order chi connectivity index (χ1) is 15.8. The number of rotatable bonds is 3. The van der Waals surface area contributed by atoms with Crippen molar-refractivity contribution in [3.05, 3.63) is 48.9 Å². The van der Waals surface area contributed by atoms with Crippen LogP contribution in [0, 0.1) is 0 Å². The maximum Gasteiger partial charge on any atom is 0.329 e. The third-order valence-corrected chi connectivity index (χ3v) is 6.39. The molecule has 32 heavy (non-hydrogen) atoms. The van der Waals surface area contributed by atoms with Crippen LogP contribution in [-0.2, 0) is 0 Å². The lowest BCUT2D eigenvalue weighted by Gasteiger charge is -2.35. The molecule has 162 valence electrons. The minimum Gasteiger partial charge on any atom is -0.366 e. The van der Waals surface area contributed by atoms with Crippen molar-refractivity contribution in [1.82, 2.24) is 19.9 Å². The van der Waals surface area contributed by atoms with Crippen molar-refractivity contribution >= 4 is 29.3 Å². The normalized spacial score (nSPS) is 19.2. The first kappa shape index (κ1) is 19.0. The van der Waals surface area contributed by atoms with Gasteiger partial charge in [-0.1, -0.05) is 6.07 Å². The number of urea groups is 1. The second kappa shape index (κ2) is 7.74. The fraction of sp³-hybridized carbons (Fsp3) is 0.348. The van der Waals surface area contributed by atoms with E-state index in [9.17, 15) is 4.79 Å². The Morgan fingerprint density at radius 3 is 2.59 bits per heavy atom. The van der Waals surface area contributed by atoms with Gasteiger partial charge in [-0.15, -0.1) is 0 Å². The number of aromatic nitrogens is 4. The van der Waals surface area contributed by atoms with Crippen molar-refractivity contribution in [3.8, 4) is 11.3 Å². The average Bonchev–Trinajstić information content (AvgIpc) is 3.51. The lowest BCUT2D eigenvalue weighted by molar-refractivity contribution is 0.254. The second-order valence-electron chi connectivity index (χ2n) is 8.41. The number of hydrogen-bond donors (Lipinski definition) is 1. The zero-order valence-electron chi connectivity index (χ0n) is 17.7. The van der Waals surface area contributed by atoms with Crippen molar-refractivity contribution in [2.45, 2.75) is 25.3 Å². The smallest absolute Gasteiger partial charge is 0.329 e. The van der Waals surface area contributed by atoms with Crippen molar-refractivity contribution in [3.63, 3.8) is 0 Å². The Morgan fingerprint density at radius 2 is 1.81 bits per heavy atom. The molecule has 9 nitrogen and oxygen atoms in total. The van der Waals surface area contributed by atoms with Crippen LogP contribution >= 0.6 is 0 Å². The average molecular weight is 429 g/mol. The topological polar surface area (TPSA) is 90.4 Å². The molecule has 9 heteroatoms. The Bertz CT molecular complexity index is 1130. The van der Waals surface area contributed by atoms with Gasteiger partial charge in [0.1, 0.15) is 5.82 Å². The molecule has 3 aliphatic heterocycles. The minimum absolute atomic E-state index is 0.0859. The van der Waals surface area contributed by atoms with E-state index in [2.05, 4.69) is 36.1 Å². The molecule has 6 heterocycles. The summed E-state index contributed by atoms with van der Waals surface area (Å²) in [4.78, 5) is 37.8. The number of nitrogens with zero attached hydrogens (tertiary/aromatic N) is 7. The summed E-state index contributed by atoms with van der Waals surface area (Å²) in [5, 5.41) is 2.92. The molecule has 3 aromatic heterocycles. The van der Waals surface area contributed by atoms with E-state index in [1.807, 2.05) is 30.6 Å². The number of carbonyl (C=O) groups excluding carboxylic acids is 1. The number of fused-ring (bicyclic) bond motifs is 4. The van der Waals surface area contributed by atoms with Crippen molar-refractivity contribution in [2.24, 2.45) is 0 Å². The van der Waals surface area contributed by atoms with E-state index >= 15 is 0 Å². The number of pyridine rings is 2. The zero-order valence-corrected chi connectivity index (χ0v) is 17.7. The Hall–Kier alpha value is -3.75. The third-order valence-electron chi connectivity index (χ3n) is 6.39. The van der Waals surface area contributed by atoms with E-state index in [0.29, 0.717) is 11.6 Å². The van der Waals surface area contributed by atoms with Gasteiger partial charge in [0, 0.05) is 50.3 Å². The SMILES string of the molecule is O=C(Nc1ccccn1)N1c2nc(-c3cnc(N4CCCC4)nc3)ccc2N2CCC1C2. The van der Waals surface area contributed by atoms with Crippen LogP contribution in [0.2, 0.25) is 0 Å². The molecule has 2 bridgehead atoms. The fourth-order valence-electron chi connectivity index (χ4n) is 4.77. The molecule has 6 rings (SSSR count). The van der Waals surface area contributed by atoms with Gasteiger partial charge in [0.2, 0.25) is 5.95 Å². The molecule has 0 aliphatic carbocycles. The second-order valence-corrected chi connectivity index (χ2v) is 8.41. The summed E-state index contributed by atoms with van der Waals surface area (Å²) in [6, 6.07) is 9.38. The molecule has 2 fully saturated rings. The molecule has 0 aromatic carbocycles. The first-order valence-corrected chi connectivity index (χ1v) is 11.1. The summed E-state index contributed by atoms with van der Waals surface area (Å²) in [6.07, 6.45) is 8.60. The van der Waals surface area contributed by atoms with Crippen LogP contribution in [0.25, 0.3) is 11.3 Å². The van der Waals surface area contributed by atoms with Gasteiger partial charge < -0.3 is 9.80 Å². The standard InChI is InChI=1S/C23H24N8O/c32-23(28-20-5-1-2-9-24-20)31-17-8-12-30(15-17)19-7-6-18(27-21(19)31)16-13-25-22(26-14-16)29-10-3-4-11-29/h1-2,5-7,9,13-14,17H,3-4,8,10-12,15H2,(H,24,28,32). The molecule has 0 spiro atoms. The highest BCUT2D eigenvalue weighted by molar-refractivity contribution is 6.04. The van der Waals surface area contributed by atoms with Gasteiger partial charge in [0.05, 0.1) is 17.4 Å². The quantitative estimate of drug-likeness (QED) is 0.685. The summed E-state index contributed by atoms with van der Waals surface area (Å²) in [5.41, 5.74) is 2.58. The van der Waals surface area contributed by atoms with Crippen LogP contribution < -0.4 is 20.0 Å². The molecule has 1 unspecified atom stereocenters. The van der Waals surface area contributed by atoms with Gasteiger partial charge in [-0.2, -0.15) is 0 Å². The van der Waals surface area contributed by atoms with Crippen molar-refractivity contribution < 1.29 is 4.79 Å². The Labute approximate surface area is 186 Å². The van der Waals surface area contributed by atoms with Crippen molar-refractivity contribution in [1.29, 1.82) is 0 Å². The fourth-order valence-corrected chi connectivity index (χ4v) is 4.77. The van der Waals surface area contributed by atoms with E-state index in [0.717, 1.165) is 55.5 Å². The first-order valence-electron chi connectivity index (χ1n) is 11.1. The minimum atomic E-state index is -0.207. The van der Waals surface area contributed by atoms with Crippen LogP contribution in [0.5, 0.6) is 0 Å². The summed E-state index contributed by atoms with van der Waals surface area (Å²) in [6.45, 7) is 3.75. The van der Waals surface area contributed by atoms with E-state index in [-0.39, 0.29) is 12.1 Å². The monoisotopic (exact) mass is 428 g/mol. The highest BCUT2D eigenvalue weighted by atomic mass is 16.2. The van der Waals surface area contributed by atoms with Gasteiger partial charge in [-0.05, 0) is 43.5 Å². The van der Waals surface area contributed by atoms with Crippen LogP contribution in [0.15, 0.2) is 48.9 Å². The number of nitrogens with one attached hydrogen (secondary N) is 1. The number of anilines is 4. The maximum atomic E-state index is 13.2. The molecule has 0 radical (unpaired) electrons. The van der Waals surface area contributed by atoms with Gasteiger partial charge >= 0.3 is 6.03 Å².